The molecule has 1 aromatic carbocycles. The Kier molecular flexibility index (Phi) is 4.84. The summed E-state index contributed by atoms with van der Waals surface area (Å²) in [6.07, 6.45) is 0. The molecule has 3 aromatic rings. The molecule has 26 heavy (non-hydrogen) atoms. The van der Waals surface area contributed by atoms with Gasteiger partial charge >= 0.3 is 0 Å². The van der Waals surface area contributed by atoms with Crippen LogP contribution in [-0.4, -0.2) is 28.8 Å². The Bertz CT molecular complexity index is 1030. The van der Waals surface area contributed by atoms with E-state index in [1.807, 2.05) is 19.1 Å². The second-order valence-corrected chi connectivity index (χ2v) is 7.79. The largest absolute Gasteiger partial charge is 0.339 e. The molecular formula is C16H17ClN6O2S. The lowest BCUT2D eigenvalue weighted by molar-refractivity contribution is 0.600. The lowest BCUT2D eigenvalue weighted by Gasteiger charge is -2.09. The molecule has 0 atom stereocenters. The highest BCUT2D eigenvalue weighted by Crippen LogP contribution is 2.23. The standard InChI is InChI=1S/C16H17ClN6O2S/c1-9-4-5-12(8-13(9)17)18-14-6-7-15(22-21-14)23-26(24,25)16-10(2)19-20-11(16)3/h4-8H,1-3H3,(H,18,21)(H,19,20)(H,22,23). The number of anilines is 3. The van der Waals surface area contributed by atoms with Crippen LogP contribution in [0.25, 0.3) is 0 Å². The van der Waals surface area contributed by atoms with Gasteiger partial charge in [-0.25, -0.2) is 8.42 Å². The van der Waals surface area contributed by atoms with Gasteiger partial charge in [0.1, 0.15) is 4.90 Å². The SMILES string of the molecule is Cc1ccc(Nc2ccc(NS(=O)(=O)c3c(C)n[nH]c3C)nn2)cc1Cl. The van der Waals surface area contributed by atoms with Crippen molar-refractivity contribution >= 4 is 38.9 Å². The van der Waals surface area contributed by atoms with Crippen LogP contribution in [0.5, 0.6) is 0 Å². The summed E-state index contributed by atoms with van der Waals surface area (Å²) < 4.78 is 27.4. The van der Waals surface area contributed by atoms with Gasteiger partial charge in [-0.2, -0.15) is 5.10 Å². The minimum Gasteiger partial charge on any atom is -0.339 e. The Balaban J connectivity index is 1.76. The number of sulfonamides is 1. The van der Waals surface area contributed by atoms with Crippen molar-refractivity contribution in [2.24, 2.45) is 0 Å². The topological polar surface area (TPSA) is 113 Å². The minimum absolute atomic E-state index is 0.107. The number of aryl methyl sites for hydroxylation is 3. The van der Waals surface area contributed by atoms with E-state index in [4.69, 9.17) is 11.6 Å². The quantitative estimate of drug-likeness (QED) is 0.613. The highest BCUT2D eigenvalue weighted by atomic mass is 35.5. The van der Waals surface area contributed by atoms with E-state index in [-0.39, 0.29) is 10.7 Å². The molecule has 3 rings (SSSR count). The molecule has 0 saturated heterocycles. The van der Waals surface area contributed by atoms with Crippen LogP contribution in [0.4, 0.5) is 17.3 Å². The Hall–Kier alpha value is -2.65. The summed E-state index contributed by atoms with van der Waals surface area (Å²) in [5.41, 5.74) is 2.57. The van der Waals surface area contributed by atoms with Crippen molar-refractivity contribution in [3.05, 3.63) is 52.3 Å². The molecule has 8 nitrogen and oxygen atoms in total. The van der Waals surface area contributed by atoms with Gasteiger partial charge in [0, 0.05) is 10.7 Å². The smallest absolute Gasteiger partial charge is 0.266 e. The average Bonchev–Trinajstić information content (AvgIpc) is 2.92. The zero-order chi connectivity index (χ0) is 18.9. The first-order valence-electron chi connectivity index (χ1n) is 7.67. The van der Waals surface area contributed by atoms with Gasteiger partial charge in [-0.15, -0.1) is 10.2 Å². The van der Waals surface area contributed by atoms with Crippen LogP contribution >= 0.6 is 11.6 Å². The van der Waals surface area contributed by atoms with Crippen LogP contribution < -0.4 is 10.0 Å². The first-order valence-corrected chi connectivity index (χ1v) is 9.53. The molecule has 0 bridgehead atoms. The fourth-order valence-electron chi connectivity index (χ4n) is 2.40. The molecular weight excluding hydrogens is 376 g/mol. The van der Waals surface area contributed by atoms with Crippen LogP contribution in [0.1, 0.15) is 17.0 Å². The van der Waals surface area contributed by atoms with Gasteiger partial charge in [0.2, 0.25) is 0 Å². The lowest BCUT2D eigenvalue weighted by atomic mass is 10.2. The van der Waals surface area contributed by atoms with E-state index in [1.54, 1.807) is 26.0 Å². The van der Waals surface area contributed by atoms with E-state index in [9.17, 15) is 8.42 Å². The molecule has 0 saturated carbocycles. The molecule has 0 unspecified atom stereocenters. The van der Waals surface area contributed by atoms with Crippen molar-refractivity contribution in [3.63, 3.8) is 0 Å². The fraction of sp³-hybridized carbons (Fsp3) is 0.188. The summed E-state index contributed by atoms with van der Waals surface area (Å²) in [6.45, 7) is 5.17. The number of benzene rings is 1. The summed E-state index contributed by atoms with van der Waals surface area (Å²) in [7, 11) is -3.80. The Morgan fingerprint density at radius 3 is 2.31 bits per heavy atom. The summed E-state index contributed by atoms with van der Waals surface area (Å²) >= 11 is 6.09. The fourth-order valence-corrected chi connectivity index (χ4v) is 3.95. The molecule has 0 aliphatic carbocycles. The number of aromatic nitrogens is 4. The molecule has 0 radical (unpaired) electrons. The molecule has 2 aromatic heterocycles. The minimum atomic E-state index is -3.80. The number of hydrogen-bond donors (Lipinski definition) is 3. The highest BCUT2D eigenvalue weighted by Gasteiger charge is 2.22. The normalized spacial score (nSPS) is 11.4. The zero-order valence-corrected chi connectivity index (χ0v) is 15.9. The van der Waals surface area contributed by atoms with E-state index in [0.717, 1.165) is 11.3 Å². The number of H-pyrrole nitrogens is 1. The average molecular weight is 393 g/mol. The van der Waals surface area contributed by atoms with E-state index in [2.05, 4.69) is 30.4 Å². The van der Waals surface area contributed by atoms with Crippen LogP contribution in [0.15, 0.2) is 35.2 Å². The van der Waals surface area contributed by atoms with Crippen LogP contribution in [0, 0.1) is 20.8 Å². The summed E-state index contributed by atoms with van der Waals surface area (Å²) in [6, 6.07) is 8.67. The Morgan fingerprint density at radius 1 is 1.04 bits per heavy atom. The molecule has 0 aliphatic rings. The number of hydrogen-bond acceptors (Lipinski definition) is 6. The first-order chi connectivity index (χ1) is 12.3. The van der Waals surface area contributed by atoms with Gasteiger partial charge in [0.25, 0.3) is 10.0 Å². The van der Waals surface area contributed by atoms with Crippen molar-refractivity contribution in [1.29, 1.82) is 0 Å². The van der Waals surface area contributed by atoms with Crippen molar-refractivity contribution in [2.75, 3.05) is 10.0 Å². The van der Waals surface area contributed by atoms with Gasteiger partial charge in [-0.1, -0.05) is 17.7 Å². The van der Waals surface area contributed by atoms with E-state index in [1.165, 1.54) is 6.07 Å². The van der Waals surface area contributed by atoms with Crippen molar-refractivity contribution < 1.29 is 8.42 Å². The third kappa shape index (κ3) is 3.78. The van der Waals surface area contributed by atoms with E-state index >= 15 is 0 Å². The van der Waals surface area contributed by atoms with Crippen molar-refractivity contribution in [2.45, 2.75) is 25.7 Å². The predicted octanol–water partition coefficient (Wildman–Crippen LogP) is 3.32. The molecule has 136 valence electrons. The Labute approximate surface area is 156 Å². The lowest BCUT2D eigenvalue weighted by Crippen LogP contribution is -2.16. The zero-order valence-electron chi connectivity index (χ0n) is 14.3. The van der Waals surface area contributed by atoms with Gasteiger partial charge < -0.3 is 5.32 Å². The molecule has 10 heteroatoms. The number of aromatic amines is 1. The number of nitrogens with one attached hydrogen (secondary N) is 3. The van der Waals surface area contributed by atoms with Gasteiger partial charge in [0.15, 0.2) is 11.6 Å². The first kappa shape index (κ1) is 18.2. The van der Waals surface area contributed by atoms with E-state index in [0.29, 0.717) is 22.2 Å². The maximum Gasteiger partial charge on any atom is 0.266 e. The molecule has 0 aliphatic heterocycles. The van der Waals surface area contributed by atoms with Crippen LogP contribution in [0.3, 0.4) is 0 Å². The molecule has 0 fully saturated rings. The van der Waals surface area contributed by atoms with Gasteiger partial charge in [0.05, 0.1) is 11.4 Å². The third-order valence-corrected chi connectivity index (χ3v) is 5.70. The van der Waals surface area contributed by atoms with Crippen LogP contribution in [0.2, 0.25) is 5.02 Å². The monoisotopic (exact) mass is 392 g/mol. The number of nitrogens with zero attached hydrogens (tertiary/aromatic N) is 3. The number of rotatable bonds is 5. The number of halogens is 1. The summed E-state index contributed by atoms with van der Waals surface area (Å²) in [5, 5.41) is 18.1. The molecule has 3 N–H and O–H groups in total. The van der Waals surface area contributed by atoms with Crippen molar-refractivity contribution in [3.8, 4) is 0 Å². The molecule has 0 spiro atoms. The Morgan fingerprint density at radius 2 is 1.73 bits per heavy atom. The second kappa shape index (κ2) is 6.93. The summed E-state index contributed by atoms with van der Waals surface area (Å²) in [5.74, 6) is 0.570. The predicted molar refractivity (Wildman–Crippen MR) is 100 cm³/mol. The van der Waals surface area contributed by atoms with Gasteiger partial charge in [-0.05, 0) is 50.6 Å². The molecule has 2 heterocycles. The maximum atomic E-state index is 12.5. The highest BCUT2D eigenvalue weighted by molar-refractivity contribution is 7.92. The summed E-state index contributed by atoms with van der Waals surface area (Å²) in [4.78, 5) is 0.107. The van der Waals surface area contributed by atoms with Crippen molar-refractivity contribution in [1.82, 2.24) is 20.4 Å². The van der Waals surface area contributed by atoms with Crippen LogP contribution in [-0.2, 0) is 10.0 Å². The molecule has 0 amide bonds. The van der Waals surface area contributed by atoms with Gasteiger partial charge in [-0.3, -0.25) is 9.82 Å². The second-order valence-electron chi connectivity index (χ2n) is 5.76. The third-order valence-electron chi connectivity index (χ3n) is 3.68. The maximum absolute atomic E-state index is 12.5. The van der Waals surface area contributed by atoms with E-state index < -0.39 is 10.0 Å².